The summed E-state index contributed by atoms with van der Waals surface area (Å²) in [6.07, 6.45) is 1.61. The third-order valence-corrected chi connectivity index (χ3v) is 6.14. The van der Waals surface area contributed by atoms with Crippen molar-refractivity contribution in [2.75, 3.05) is 24.9 Å². The highest BCUT2D eigenvalue weighted by Crippen LogP contribution is 2.26. The lowest BCUT2D eigenvalue weighted by Crippen LogP contribution is -2.19. The molecule has 36 heavy (non-hydrogen) atoms. The van der Waals surface area contributed by atoms with Gasteiger partial charge in [0, 0.05) is 24.7 Å². The van der Waals surface area contributed by atoms with Gasteiger partial charge in [0.15, 0.2) is 5.82 Å². The smallest absolute Gasteiger partial charge is 0.323 e. The van der Waals surface area contributed by atoms with Crippen molar-refractivity contribution in [3.8, 4) is 22.9 Å². The Kier molecular flexibility index (Phi) is 7.53. The van der Waals surface area contributed by atoms with E-state index in [9.17, 15) is 4.79 Å². The summed E-state index contributed by atoms with van der Waals surface area (Å²) in [5.74, 6) is 3.13. The standard InChI is InChI=1S/C28H31N5O3/c1-18-6-14-25(36-5)24(16-18)30-28(34)29-22-11-8-20(9-12-22)27-32-31-26(33(27)3)15-10-21-17-23(35-4)13-7-19(21)2/h6-9,11-14,16-17H,10,15H2,1-5H3,(H2,29,30,34). The molecule has 0 atom stereocenters. The van der Waals surface area contributed by atoms with E-state index in [4.69, 9.17) is 9.47 Å². The molecule has 3 aromatic carbocycles. The van der Waals surface area contributed by atoms with E-state index >= 15 is 0 Å². The fourth-order valence-corrected chi connectivity index (χ4v) is 4.03. The number of anilines is 2. The van der Waals surface area contributed by atoms with Crippen LogP contribution in [-0.2, 0) is 19.9 Å². The average molecular weight is 486 g/mol. The van der Waals surface area contributed by atoms with E-state index in [1.165, 1.54) is 11.1 Å². The Hall–Kier alpha value is -4.33. The lowest BCUT2D eigenvalue weighted by Gasteiger charge is -2.12. The largest absolute Gasteiger partial charge is 0.497 e. The molecular weight excluding hydrogens is 454 g/mol. The highest BCUT2D eigenvalue weighted by atomic mass is 16.5. The second kappa shape index (κ2) is 10.9. The molecule has 2 N–H and O–H groups in total. The third-order valence-electron chi connectivity index (χ3n) is 6.14. The number of aromatic nitrogens is 3. The summed E-state index contributed by atoms with van der Waals surface area (Å²) in [6, 6.07) is 18.9. The quantitative estimate of drug-likeness (QED) is 0.342. The zero-order valence-corrected chi connectivity index (χ0v) is 21.3. The molecule has 1 aromatic heterocycles. The minimum Gasteiger partial charge on any atom is -0.497 e. The van der Waals surface area contributed by atoms with Crippen molar-refractivity contribution < 1.29 is 14.3 Å². The minimum absolute atomic E-state index is 0.347. The SMILES string of the molecule is COc1ccc(C)c(CCc2nnc(-c3ccc(NC(=O)Nc4cc(C)ccc4OC)cc3)n2C)c1. The summed E-state index contributed by atoms with van der Waals surface area (Å²) in [4.78, 5) is 12.5. The van der Waals surface area contributed by atoms with Gasteiger partial charge >= 0.3 is 6.03 Å². The molecule has 0 spiro atoms. The van der Waals surface area contributed by atoms with Crippen LogP contribution in [0.3, 0.4) is 0 Å². The molecule has 0 unspecified atom stereocenters. The molecule has 0 aliphatic heterocycles. The fourth-order valence-electron chi connectivity index (χ4n) is 4.03. The number of rotatable bonds is 8. The number of aryl methyl sites for hydroxylation is 4. The molecule has 0 bridgehead atoms. The lowest BCUT2D eigenvalue weighted by atomic mass is 10.0. The van der Waals surface area contributed by atoms with Crippen LogP contribution < -0.4 is 20.1 Å². The van der Waals surface area contributed by atoms with Gasteiger partial charge in [0.1, 0.15) is 17.3 Å². The van der Waals surface area contributed by atoms with Gasteiger partial charge in [-0.05, 0) is 85.5 Å². The van der Waals surface area contributed by atoms with Crippen LogP contribution in [-0.4, -0.2) is 35.0 Å². The van der Waals surface area contributed by atoms with Gasteiger partial charge < -0.3 is 24.7 Å². The van der Waals surface area contributed by atoms with Gasteiger partial charge in [0.2, 0.25) is 0 Å². The first-order valence-corrected chi connectivity index (χ1v) is 11.7. The summed E-state index contributed by atoms with van der Waals surface area (Å²) in [6.45, 7) is 4.06. The van der Waals surface area contributed by atoms with Gasteiger partial charge in [0.25, 0.3) is 0 Å². The average Bonchev–Trinajstić information content (AvgIpc) is 3.24. The van der Waals surface area contributed by atoms with Crippen LogP contribution in [0.2, 0.25) is 0 Å². The number of carbonyl (C=O) groups is 1. The van der Waals surface area contributed by atoms with Gasteiger partial charge in [-0.3, -0.25) is 0 Å². The molecule has 2 amide bonds. The Morgan fingerprint density at radius 2 is 1.67 bits per heavy atom. The molecule has 0 aliphatic rings. The molecule has 0 radical (unpaired) electrons. The lowest BCUT2D eigenvalue weighted by molar-refractivity contribution is 0.262. The first kappa shape index (κ1) is 24.8. The van der Waals surface area contributed by atoms with Gasteiger partial charge in [-0.15, -0.1) is 10.2 Å². The summed E-state index contributed by atoms with van der Waals surface area (Å²) in [5.41, 5.74) is 5.68. The van der Waals surface area contributed by atoms with Crippen LogP contribution >= 0.6 is 0 Å². The normalized spacial score (nSPS) is 10.7. The zero-order chi connectivity index (χ0) is 25.7. The van der Waals surface area contributed by atoms with Crippen molar-refractivity contribution in [2.45, 2.75) is 26.7 Å². The van der Waals surface area contributed by atoms with Gasteiger partial charge in [0.05, 0.1) is 19.9 Å². The predicted octanol–water partition coefficient (Wildman–Crippen LogP) is 5.55. The summed E-state index contributed by atoms with van der Waals surface area (Å²) in [7, 11) is 5.22. The molecular formula is C28H31N5O3. The van der Waals surface area contributed by atoms with E-state index in [0.717, 1.165) is 41.4 Å². The number of hydrogen-bond acceptors (Lipinski definition) is 5. The second-order valence-electron chi connectivity index (χ2n) is 8.65. The van der Waals surface area contributed by atoms with Crippen molar-refractivity contribution >= 4 is 17.4 Å². The second-order valence-corrected chi connectivity index (χ2v) is 8.65. The number of amides is 2. The number of nitrogens with one attached hydrogen (secondary N) is 2. The molecule has 0 saturated heterocycles. The number of urea groups is 1. The van der Waals surface area contributed by atoms with Crippen molar-refractivity contribution in [1.29, 1.82) is 0 Å². The maximum absolute atomic E-state index is 12.5. The Labute approximate surface area is 211 Å². The first-order chi connectivity index (χ1) is 17.4. The minimum atomic E-state index is -0.347. The Morgan fingerprint density at radius 1 is 0.889 bits per heavy atom. The fraction of sp³-hybridized carbons (Fsp3) is 0.250. The van der Waals surface area contributed by atoms with E-state index in [1.807, 2.05) is 67.1 Å². The van der Waals surface area contributed by atoms with Crippen LogP contribution in [0.4, 0.5) is 16.2 Å². The number of ether oxygens (including phenoxy) is 2. The predicted molar refractivity (Wildman–Crippen MR) is 142 cm³/mol. The maximum Gasteiger partial charge on any atom is 0.323 e. The summed E-state index contributed by atoms with van der Waals surface area (Å²) < 4.78 is 12.7. The Morgan fingerprint density at radius 3 is 2.39 bits per heavy atom. The molecule has 4 rings (SSSR count). The zero-order valence-electron chi connectivity index (χ0n) is 21.3. The van der Waals surface area contributed by atoms with Crippen molar-refractivity contribution in [2.24, 2.45) is 7.05 Å². The molecule has 0 aliphatic carbocycles. The van der Waals surface area contributed by atoms with Crippen LogP contribution in [0, 0.1) is 13.8 Å². The maximum atomic E-state index is 12.5. The van der Waals surface area contributed by atoms with E-state index in [-0.39, 0.29) is 6.03 Å². The molecule has 186 valence electrons. The van der Waals surface area contributed by atoms with Gasteiger partial charge in [-0.2, -0.15) is 0 Å². The van der Waals surface area contributed by atoms with E-state index in [1.54, 1.807) is 14.2 Å². The van der Waals surface area contributed by atoms with Gasteiger partial charge in [-0.1, -0.05) is 12.1 Å². The van der Waals surface area contributed by atoms with E-state index in [2.05, 4.69) is 39.9 Å². The van der Waals surface area contributed by atoms with Gasteiger partial charge in [-0.25, -0.2) is 4.79 Å². The molecule has 4 aromatic rings. The first-order valence-electron chi connectivity index (χ1n) is 11.7. The monoisotopic (exact) mass is 485 g/mol. The number of nitrogens with zero attached hydrogens (tertiary/aromatic N) is 3. The molecule has 0 saturated carbocycles. The number of methoxy groups -OCH3 is 2. The molecule has 0 fully saturated rings. The number of carbonyl (C=O) groups excluding carboxylic acids is 1. The van der Waals surface area contributed by atoms with Crippen LogP contribution in [0.1, 0.15) is 22.5 Å². The van der Waals surface area contributed by atoms with Crippen molar-refractivity contribution in [3.05, 3.63) is 83.2 Å². The molecule has 1 heterocycles. The van der Waals surface area contributed by atoms with Crippen molar-refractivity contribution in [3.63, 3.8) is 0 Å². The van der Waals surface area contributed by atoms with Crippen molar-refractivity contribution in [1.82, 2.24) is 14.8 Å². The Balaban J connectivity index is 1.41. The summed E-state index contributed by atoms with van der Waals surface area (Å²) in [5, 5.41) is 14.5. The van der Waals surface area contributed by atoms with E-state index in [0.29, 0.717) is 17.1 Å². The van der Waals surface area contributed by atoms with Crippen LogP contribution in [0.5, 0.6) is 11.5 Å². The van der Waals surface area contributed by atoms with Crippen LogP contribution in [0.25, 0.3) is 11.4 Å². The number of hydrogen-bond donors (Lipinski definition) is 2. The summed E-state index contributed by atoms with van der Waals surface area (Å²) >= 11 is 0. The van der Waals surface area contributed by atoms with E-state index < -0.39 is 0 Å². The van der Waals surface area contributed by atoms with Crippen LogP contribution in [0.15, 0.2) is 60.7 Å². The highest BCUT2D eigenvalue weighted by Gasteiger charge is 2.13. The topological polar surface area (TPSA) is 90.3 Å². The molecule has 8 nitrogen and oxygen atoms in total. The highest BCUT2D eigenvalue weighted by molar-refractivity contribution is 6.00. The molecule has 8 heteroatoms. The Bertz CT molecular complexity index is 1360. The third kappa shape index (κ3) is 5.66. The number of benzene rings is 3.